The molecule has 0 unspecified atom stereocenters. The normalized spacial score (nSPS) is 28.3. The highest BCUT2D eigenvalue weighted by atomic mass is 79.9. The van der Waals surface area contributed by atoms with Crippen molar-refractivity contribution in [2.24, 2.45) is 22.4 Å². The molecular weight excluding hydrogens is 372 g/mol. The molecule has 3 atom stereocenters. The van der Waals surface area contributed by atoms with Crippen molar-refractivity contribution in [2.45, 2.75) is 32.6 Å². The monoisotopic (exact) mass is 394 g/mol. The fourth-order valence-corrected chi connectivity index (χ4v) is 4.72. The van der Waals surface area contributed by atoms with E-state index in [9.17, 15) is 4.79 Å². The molecule has 0 aromatic heterocycles. The van der Waals surface area contributed by atoms with E-state index in [-0.39, 0.29) is 17.2 Å². The first kappa shape index (κ1) is 17.3. The third kappa shape index (κ3) is 3.04. The van der Waals surface area contributed by atoms with E-state index >= 15 is 0 Å². The minimum atomic E-state index is 0.0418. The third-order valence-electron chi connectivity index (χ3n) is 5.46. The molecule has 0 heterocycles. The fraction of sp³-hybridized carbons (Fsp3) is 0.556. The van der Waals surface area contributed by atoms with E-state index in [1.165, 1.54) is 19.3 Å². The van der Waals surface area contributed by atoms with Crippen LogP contribution in [0.4, 0.5) is 0 Å². The van der Waals surface area contributed by atoms with E-state index in [2.05, 4.69) is 33.4 Å². The summed E-state index contributed by atoms with van der Waals surface area (Å²) in [6.45, 7) is 2.23. The van der Waals surface area contributed by atoms with Crippen molar-refractivity contribution in [3.63, 3.8) is 0 Å². The Hall–Kier alpha value is -1.56. The second kappa shape index (κ2) is 6.75. The van der Waals surface area contributed by atoms with Crippen LogP contribution in [-0.4, -0.2) is 26.3 Å². The largest absolute Gasteiger partial charge is 0.493 e. The van der Waals surface area contributed by atoms with E-state index in [4.69, 9.17) is 9.47 Å². The molecule has 2 aliphatic carbocycles. The number of benzene rings is 1. The summed E-state index contributed by atoms with van der Waals surface area (Å²) in [5.41, 5.74) is 3.72. The van der Waals surface area contributed by atoms with Crippen LogP contribution in [0.3, 0.4) is 0 Å². The van der Waals surface area contributed by atoms with Crippen LogP contribution in [0.2, 0.25) is 0 Å². The van der Waals surface area contributed by atoms with Gasteiger partial charge in [-0.25, -0.2) is 5.43 Å². The van der Waals surface area contributed by atoms with E-state index in [0.29, 0.717) is 17.4 Å². The second-order valence-electron chi connectivity index (χ2n) is 6.81. The maximum Gasteiger partial charge on any atom is 0.244 e. The lowest BCUT2D eigenvalue weighted by atomic mass is 9.90. The van der Waals surface area contributed by atoms with Gasteiger partial charge in [-0.1, -0.05) is 19.8 Å². The molecule has 5 nitrogen and oxygen atoms in total. The van der Waals surface area contributed by atoms with Gasteiger partial charge in [0.15, 0.2) is 11.5 Å². The van der Waals surface area contributed by atoms with Crippen molar-refractivity contribution in [1.29, 1.82) is 0 Å². The first-order valence-corrected chi connectivity index (χ1v) is 9.05. The zero-order chi connectivity index (χ0) is 17.3. The van der Waals surface area contributed by atoms with Crippen molar-refractivity contribution in [2.75, 3.05) is 14.2 Å². The minimum absolute atomic E-state index is 0.0418. The number of fused-ring (bicyclic) bond motifs is 1. The quantitative estimate of drug-likeness (QED) is 0.610. The lowest BCUT2D eigenvalue weighted by Crippen LogP contribution is -2.22. The molecule has 0 saturated heterocycles. The Morgan fingerprint density at radius 2 is 2.17 bits per heavy atom. The van der Waals surface area contributed by atoms with Gasteiger partial charge in [0.05, 0.1) is 24.9 Å². The summed E-state index contributed by atoms with van der Waals surface area (Å²) >= 11 is 3.45. The predicted molar refractivity (Wildman–Crippen MR) is 96.5 cm³/mol. The molecule has 1 aromatic rings. The summed E-state index contributed by atoms with van der Waals surface area (Å²) in [5.74, 6) is 1.94. The van der Waals surface area contributed by atoms with Crippen molar-refractivity contribution in [3.8, 4) is 11.5 Å². The highest BCUT2D eigenvalue weighted by Gasteiger charge is 2.64. The number of nitrogens with one attached hydrogen (secondary N) is 1. The summed E-state index contributed by atoms with van der Waals surface area (Å²) in [4.78, 5) is 12.4. The lowest BCUT2D eigenvalue weighted by Gasteiger charge is -2.15. The summed E-state index contributed by atoms with van der Waals surface area (Å²) in [6, 6.07) is 3.69. The van der Waals surface area contributed by atoms with Crippen LogP contribution in [-0.2, 0) is 4.79 Å². The number of hydrogen-bond donors (Lipinski definition) is 1. The summed E-state index contributed by atoms with van der Waals surface area (Å²) in [7, 11) is 3.18. The topological polar surface area (TPSA) is 59.9 Å². The van der Waals surface area contributed by atoms with Gasteiger partial charge < -0.3 is 9.47 Å². The minimum Gasteiger partial charge on any atom is -0.493 e. The van der Waals surface area contributed by atoms with Gasteiger partial charge in [-0.05, 0) is 57.8 Å². The van der Waals surface area contributed by atoms with Crippen molar-refractivity contribution >= 4 is 28.1 Å². The number of halogens is 1. The third-order valence-corrected chi connectivity index (χ3v) is 6.05. The lowest BCUT2D eigenvalue weighted by molar-refractivity contribution is -0.123. The van der Waals surface area contributed by atoms with Gasteiger partial charge >= 0.3 is 0 Å². The van der Waals surface area contributed by atoms with E-state index in [1.54, 1.807) is 20.4 Å². The maximum absolute atomic E-state index is 12.4. The van der Waals surface area contributed by atoms with E-state index in [0.717, 1.165) is 16.5 Å². The van der Waals surface area contributed by atoms with Crippen LogP contribution in [0, 0.1) is 17.3 Å². The number of hydrogen-bond acceptors (Lipinski definition) is 4. The molecule has 2 aliphatic rings. The molecule has 1 amide bonds. The molecule has 130 valence electrons. The molecule has 3 rings (SSSR count). The van der Waals surface area contributed by atoms with Gasteiger partial charge in [0.25, 0.3) is 0 Å². The van der Waals surface area contributed by atoms with Crippen molar-refractivity contribution < 1.29 is 14.3 Å². The van der Waals surface area contributed by atoms with Gasteiger partial charge in [0.1, 0.15) is 0 Å². The van der Waals surface area contributed by atoms with Gasteiger partial charge in [-0.15, -0.1) is 0 Å². The number of hydrazone groups is 1. The number of nitrogens with zero attached hydrogens (tertiary/aromatic N) is 1. The van der Waals surface area contributed by atoms with Crippen LogP contribution in [0.1, 0.15) is 38.2 Å². The van der Waals surface area contributed by atoms with Crippen molar-refractivity contribution in [3.05, 3.63) is 22.2 Å². The molecule has 0 bridgehead atoms. The van der Waals surface area contributed by atoms with Crippen LogP contribution < -0.4 is 14.9 Å². The number of ether oxygens (including phenoxy) is 2. The average Bonchev–Trinajstić information content (AvgIpc) is 3.19. The molecule has 6 heteroatoms. The Balaban J connectivity index is 1.65. The molecule has 2 fully saturated rings. The summed E-state index contributed by atoms with van der Waals surface area (Å²) in [6.07, 6.45) is 6.43. The van der Waals surface area contributed by atoms with Crippen LogP contribution in [0.15, 0.2) is 21.7 Å². The summed E-state index contributed by atoms with van der Waals surface area (Å²) < 4.78 is 11.4. The molecule has 0 radical (unpaired) electrons. The number of rotatable bonds is 5. The Kier molecular flexibility index (Phi) is 4.85. The van der Waals surface area contributed by atoms with Crippen LogP contribution >= 0.6 is 15.9 Å². The SMILES string of the molecule is COc1cc(/C=N\NC(=O)[C@@H]2[C@@H]3CCCC[C@@]23C)cc(Br)c1OC. The van der Waals surface area contributed by atoms with E-state index < -0.39 is 0 Å². The van der Waals surface area contributed by atoms with Crippen LogP contribution in [0.25, 0.3) is 0 Å². The molecule has 0 spiro atoms. The highest BCUT2D eigenvalue weighted by molar-refractivity contribution is 9.10. The zero-order valence-electron chi connectivity index (χ0n) is 14.3. The Morgan fingerprint density at radius 3 is 2.79 bits per heavy atom. The van der Waals surface area contributed by atoms with Gasteiger partial charge in [0, 0.05) is 5.92 Å². The second-order valence-corrected chi connectivity index (χ2v) is 7.66. The zero-order valence-corrected chi connectivity index (χ0v) is 15.9. The van der Waals surface area contributed by atoms with Gasteiger partial charge in [-0.2, -0.15) is 5.10 Å². The van der Waals surface area contributed by atoms with Gasteiger partial charge in [0.2, 0.25) is 5.91 Å². The molecule has 2 saturated carbocycles. The fourth-order valence-electron chi connectivity index (χ4n) is 4.10. The maximum atomic E-state index is 12.4. The first-order chi connectivity index (χ1) is 11.5. The first-order valence-electron chi connectivity index (χ1n) is 8.25. The number of carbonyl (C=O) groups excluding carboxylic acids is 1. The number of methoxy groups -OCH3 is 2. The highest BCUT2D eigenvalue weighted by Crippen LogP contribution is 2.66. The molecule has 1 aromatic carbocycles. The van der Waals surface area contributed by atoms with E-state index in [1.807, 2.05) is 12.1 Å². The number of amides is 1. The average molecular weight is 395 g/mol. The summed E-state index contributed by atoms with van der Waals surface area (Å²) in [5, 5.41) is 4.12. The molecule has 24 heavy (non-hydrogen) atoms. The molecular formula is C18H23BrN2O3. The number of carbonyl (C=O) groups is 1. The Labute approximate surface area is 150 Å². The van der Waals surface area contributed by atoms with Gasteiger partial charge in [-0.3, -0.25) is 4.79 Å². The predicted octanol–water partition coefficient (Wildman–Crippen LogP) is 3.74. The van der Waals surface area contributed by atoms with Crippen LogP contribution in [0.5, 0.6) is 11.5 Å². The Morgan fingerprint density at radius 1 is 1.38 bits per heavy atom. The standard InChI is InChI=1S/C18H23BrN2O3/c1-18-7-5-4-6-12(18)15(18)17(22)21-20-10-11-8-13(19)16(24-3)14(9-11)23-2/h8-10,12,15H,4-7H2,1-3H3,(H,21,22)/b20-10-/t12-,15-,18+/m0/s1. The molecule has 0 aliphatic heterocycles. The smallest absolute Gasteiger partial charge is 0.244 e. The Bertz CT molecular complexity index is 676. The van der Waals surface area contributed by atoms with Crippen molar-refractivity contribution in [1.82, 2.24) is 5.43 Å². The molecule has 1 N–H and O–H groups in total.